The van der Waals surface area contributed by atoms with Crippen LogP contribution >= 0.6 is 0 Å². The van der Waals surface area contributed by atoms with Gasteiger partial charge in [-0.1, -0.05) is 12.1 Å². The van der Waals surface area contributed by atoms with Crippen LogP contribution in [0.1, 0.15) is 18.0 Å². The van der Waals surface area contributed by atoms with Gasteiger partial charge in [-0.3, -0.25) is 4.57 Å². The highest BCUT2D eigenvalue weighted by molar-refractivity contribution is 5.79. The lowest BCUT2D eigenvalue weighted by atomic mass is 10.0. The Hall–Kier alpha value is -3.49. The summed E-state index contributed by atoms with van der Waals surface area (Å²) < 4.78 is 35.0. The molecule has 2 amide bonds. The molecule has 0 radical (unpaired) electrons. The van der Waals surface area contributed by atoms with Gasteiger partial charge in [-0.15, -0.1) is 0 Å². The minimum atomic E-state index is -0.677. The summed E-state index contributed by atoms with van der Waals surface area (Å²) in [5, 5.41) is 5.40. The maximum absolute atomic E-state index is 13.6. The van der Waals surface area contributed by atoms with E-state index in [2.05, 4.69) is 10.1 Å². The smallest absolute Gasteiger partial charge is 0.341 e. The molecule has 7 nitrogen and oxygen atoms in total. The first-order valence-corrected chi connectivity index (χ1v) is 9.64. The van der Waals surface area contributed by atoms with E-state index in [1.54, 1.807) is 11.1 Å². The third kappa shape index (κ3) is 3.16. The Balaban J connectivity index is 1.24. The first-order chi connectivity index (χ1) is 14.5. The molecule has 0 unspecified atom stereocenters. The lowest BCUT2D eigenvalue weighted by molar-refractivity contribution is 0.0213. The monoisotopic (exact) mass is 411 g/mol. The number of benzene rings is 2. The van der Waals surface area contributed by atoms with Crippen LogP contribution in [0.25, 0.3) is 11.0 Å². The fraction of sp³-hybridized carbons (Fsp3) is 0.286. The zero-order valence-corrected chi connectivity index (χ0v) is 16.2. The predicted octanol–water partition coefficient (Wildman–Crippen LogP) is 3.47. The Bertz CT molecular complexity index is 1140. The van der Waals surface area contributed by atoms with E-state index in [-0.39, 0.29) is 12.1 Å². The molecule has 0 aliphatic carbocycles. The highest BCUT2D eigenvalue weighted by Crippen LogP contribution is 2.31. The minimum absolute atomic E-state index is 0.180. The molecule has 1 aromatic heterocycles. The number of carbonyl (C=O) groups is 1. The topological polar surface area (TPSA) is 63.0 Å². The van der Waals surface area contributed by atoms with Crippen molar-refractivity contribution in [2.75, 3.05) is 13.1 Å². The minimum Gasteiger partial charge on any atom is -0.458 e. The Morgan fingerprint density at radius 3 is 2.60 bits per heavy atom. The van der Waals surface area contributed by atoms with E-state index in [1.165, 1.54) is 17.1 Å². The molecular weight excluding hydrogens is 392 g/mol. The van der Waals surface area contributed by atoms with E-state index in [1.807, 2.05) is 35.9 Å². The van der Waals surface area contributed by atoms with Crippen molar-refractivity contribution in [3.63, 3.8) is 0 Å². The summed E-state index contributed by atoms with van der Waals surface area (Å²) in [6.45, 7) is 0.774. The summed E-state index contributed by atoms with van der Waals surface area (Å²) in [6, 6.07) is 10.7. The van der Waals surface area contributed by atoms with Crippen LogP contribution < -0.4 is 4.74 Å². The molecule has 5 rings (SSSR count). The fourth-order valence-corrected chi connectivity index (χ4v) is 3.83. The second-order valence-corrected chi connectivity index (χ2v) is 7.47. The van der Waals surface area contributed by atoms with Gasteiger partial charge in [0.1, 0.15) is 17.7 Å². The molecule has 2 aliphatic rings. The number of aromatic nitrogens is 2. The van der Waals surface area contributed by atoms with E-state index in [0.29, 0.717) is 31.1 Å². The Morgan fingerprint density at radius 2 is 1.87 bits per heavy atom. The highest BCUT2D eigenvalue weighted by Gasteiger charge is 2.39. The molecule has 0 spiro atoms. The number of likely N-dealkylation sites (tertiary alicyclic amines) is 1. The van der Waals surface area contributed by atoms with E-state index >= 15 is 0 Å². The first-order valence-electron chi connectivity index (χ1n) is 9.64. The van der Waals surface area contributed by atoms with Gasteiger partial charge in [0, 0.05) is 25.7 Å². The largest absolute Gasteiger partial charge is 0.458 e. The fourth-order valence-electron chi connectivity index (χ4n) is 3.83. The lowest BCUT2D eigenvalue weighted by Gasteiger charge is -2.40. The number of fused-ring (bicyclic) bond motifs is 1. The molecule has 3 aromatic rings. The molecule has 30 heavy (non-hydrogen) atoms. The van der Waals surface area contributed by atoms with Gasteiger partial charge in [0.15, 0.2) is 0 Å². The molecule has 2 aromatic carbocycles. The summed E-state index contributed by atoms with van der Waals surface area (Å²) in [5.41, 5.74) is 2.20. The van der Waals surface area contributed by atoms with Crippen molar-refractivity contribution >= 4 is 23.3 Å². The summed E-state index contributed by atoms with van der Waals surface area (Å²) in [4.78, 5) is 18.9. The Morgan fingerprint density at radius 1 is 1.13 bits per heavy atom. The van der Waals surface area contributed by atoms with Crippen LogP contribution in [0.15, 0.2) is 47.6 Å². The van der Waals surface area contributed by atoms with Gasteiger partial charge in [-0.05, 0) is 29.8 Å². The zero-order valence-electron chi connectivity index (χ0n) is 16.2. The van der Waals surface area contributed by atoms with Crippen molar-refractivity contribution in [2.24, 2.45) is 12.1 Å². The molecule has 0 saturated carbocycles. The van der Waals surface area contributed by atoms with Crippen LogP contribution in [0.2, 0.25) is 0 Å². The van der Waals surface area contributed by atoms with Gasteiger partial charge in [0.05, 0.1) is 30.2 Å². The number of para-hydroxylation sites is 2. The highest BCUT2D eigenvalue weighted by atomic mass is 19.1. The normalized spacial score (nSPS) is 18.8. The van der Waals surface area contributed by atoms with Crippen molar-refractivity contribution in [3.8, 4) is 6.01 Å². The van der Waals surface area contributed by atoms with Gasteiger partial charge < -0.3 is 9.64 Å². The molecule has 3 heterocycles. The second-order valence-electron chi connectivity index (χ2n) is 7.47. The number of rotatable bonds is 3. The number of ether oxygens (including phenoxy) is 1. The van der Waals surface area contributed by atoms with Crippen LogP contribution in [-0.4, -0.2) is 50.9 Å². The van der Waals surface area contributed by atoms with Gasteiger partial charge in [0.2, 0.25) is 0 Å². The van der Waals surface area contributed by atoms with E-state index in [9.17, 15) is 13.6 Å². The molecule has 1 saturated heterocycles. The maximum Gasteiger partial charge on any atom is 0.341 e. The van der Waals surface area contributed by atoms with Crippen LogP contribution in [0.4, 0.5) is 13.6 Å². The number of hydrogen-bond acceptors (Lipinski definition) is 4. The van der Waals surface area contributed by atoms with Crippen molar-refractivity contribution < 1.29 is 18.3 Å². The average molecular weight is 411 g/mol. The van der Waals surface area contributed by atoms with Crippen LogP contribution in [0.3, 0.4) is 0 Å². The molecule has 9 heteroatoms. The second kappa shape index (κ2) is 7.08. The third-order valence-electron chi connectivity index (χ3n) is 5.43. The molecule has 2 aliphatic heterocycles. The van der Waals surface area contributed by atoms with Crippen LogP contribution in [-0.2, 0) is 7.05 Å². The number of amides is 2. The number of hydrogen-bond donors (Lipinski definition) is 0. The Labute approximate surface area is 171 Å². The van der Waals surface area contributed by atoms with Gasteiger partial charge in [-0.25, -0.2) is 18.6 Å². The third-order valence-corrected chi connectivity index (χ3v) is 5.43. The summed E-state index contributed by atoms with van der Waals surface area (Å²) in [5.74, 6) is -1.35. The number of hydrazone groups is 1. The Kier molecular flexibility index (Phi) is 4.38. The summed E-state index contributed by atoms with van der Waals surface area (Å²) >= 11 is 0. The summed E-state index contributed by atoms with van der Waals surface area (Å²) in [7, 11) is 1.88. The number of nitrogens with zero attached hydrogens (tertiary/aromatic N) is 5. The van der Waals surface area contributed by atoms with Gasteiger partial charge in [-0.2, -0.15) is 10.1 Å². The standard InChI is InChI=1S/C21H19F2N5O2/c1-26-19-5-3-2-4-17(19)25-20(26)30-16-11-27(12-16)21(29)28-18(6-7-24-28)13-8-14(22)10-15(23)9-13/h2-5,7-10,16,18H,6,11-12H2,1H3/t18-/m0/s1. The molecular formula is C21H19F2N5O2. The SMILES string of the molecule is Cn1c(OC2CN(C(=O)N3N=CC[C@H]3c3cc(F)cc(F)c3)C2)nc2ccccc21. The van der Waals surface area contributed by atoms with Crippen molar-refractivity contribution in [1.29, 1.82) is 0 Å². The van der Waals surface area contributed by atoms with E-state index < -0.39 is 17.7 Å². The molecule has 154 valence electrons. The number of aryl methyl sites for hydroxylation is 1. The quantitative estimate of drug-likeness (QED) is 0.663. The number of imidazole rings is 1. The van der Waals surface area contributed by atoms with Gasteiger partial charge >= 0.3 is 6.03 Å². The molecule has 1 fully saturated rings. The van der Waals surface area contributed by atoms with Crippen LogP contribution in [0.5, 0.6) is 6.01 Å². The number of halogens is 2. The number of carbonyl (C=O) groups excluding carboxylic acids is 1. The van der Waals surface area contributed by atoms with Crippen molar-refractivity contribution in [1.82, 2.24) is 19.5 Å². The van der Waals surface area contributed by atoms with Crippen molar-refractivity contribution in [2.45, 2.75) is 18.6 Å². The number of urea groups is 1. The first kappa shape index (κ1) is 18.5. The van der Waals surface area contributed by atoms with Crippen molar-refractivity contribution in [3.05, 3.63) is 59.7 Å². The molecule has 1 atom stereocenters. The lowest BCUT2D eigenvalue weighted by Crippen LogP contribution is -2.59. The van der Waals surface area contributed by atoms with Gasteiger partial charge in [0.25, 0.3) is 6.01 Å². The van der Waals surface area contributed by atoms with Crippen LogP contribution in [0, 0.1) is 11.6 Å². The molecule has 0 bridgehead atoms. The summed E-state index contributed by atoms with van der Waals surface area (Å²) in [6.07, 6.45) is 1.81. The zero-order chi connectivity index (χ0) is 20.8. The van der Waals surface area contributed by atoms with E-state index in [0.717, 1.165) is 17.1 Å². The molecule has 0 N–H and O–H groups in total. The maximum atomic E-state index is 13.6. The van der Waals surface area contributed by atoms with E-state index in [4.69, 9.17) is 4.74 Å². The predicted molar refractivity (Wildman–Crippen MR) is 106 cm³/mol. The average Bonchev–Trinajstić information content (AvgIpc) is 3.29.